The third-order valence-corrected chi connectivity index (χ3v) is 2.27. The van der Waals surface area contributed by atoms with E-state index in [4.69, 9.17) is 4.74 Å². The lowest BCUT2D eigenvalue weighted by Crippen LogP contribution is -2.46. The summed E-state index contributed by atoms with van der Waals surface area (Å²) in [7, 11) is 0. The van der Waals surface area contributed by atoms with E-state index in [0.717, 1.165) is 25.7 Å². The van der Waals surface area contributed by atoms with Crippen LogP contribution in [0, 0.1) is 0 Å². The molecule has 0 bridgehead atoms. The lowest BCUT2D eigenvalue weighted by Gasteiger charge is -2.17. The molecule has 1 aliphatic carbocycles. The summed E-state index contributed by atoms with van der Waals surface area (Å²) in [5, 5.41) is 0. The van der Waals surface area contributed by atoms with Crippen molar-refractivity contribution in [2.75, 3.05) is 6.61 Å². The van der Waals surface area contributed by atoms with Crippen LogP contribution in [0.4, 0.5) is 8.78 Å². The van der Waals surface area contributed by atoms with Crippen LogP contribution in [0.15, 0.2) is 0 Å². The number of rotatable bonds is 4. The fourth-order valence-corrected chi connectivity index (χ4v) is 1.45. The lowest BCUT2D eigenvalue weighted by molar-refractivity contribution is -0.158. The van der Waals surface area contributed by atoms with Crippen molar-refractivity contribution in [2.45, 2.75) is 37.7 Å². The normalized spacial score (nSPS) is 18.5. The first-order chi connectivity index (χ1) is 6.56. The molecule has 4 nitrogen and oxygen atoms in total. The maximum atomic E-state index is 12.9. The average Bonchev–Trinajstić information content (AvgIpc) is 2.66. The number of nitrogens with one attached hydrogen (secondary N) is 1. The van der Waals surface area contributed by atoms with Gasteiger partial charge in [-0.1, -0.05) is 12.8 Å². The van der Waals surface area contributed by atoms with Gasteiger partial charge in [0.15, 0.2) is 0 Å². The van der Waals surface area contributed by atoms with Gasteiger partial charge in [-0.15, -0.1) is 0 Å². The zero-order chi connectivity index (χ0) is 10.6. The van der Waals surface area contributed by atoms with E-state index in [9.17, 15) is 13.6 Å². The molecule has 0 aromatic rings. The largest absolute Gasteiger partial charge is 0.371 e. The zero-order valence-electron chi connectivity index (χ0n) is 7.76. The van der Waals surface area contributed by atoms with Crippen LogP contribution in [0.3, 0.4) is 0 Å². The van der Waals surface area contributed by atoms with Crippen molar-refractivity contribution < 1.29 is 18.3 Å². The molecule has 0 unspecified atom stereocenters. The van der Waals surface area contributed by atoms with Crippen LogP contribution in [-0.4, -0.2) is 24.5 Å². The molecule has 0 spiro atoms. The summed E-state index contributed by atoms with van der Waals surface area (Å²) in [4.78, 5) is 10.6. The Labute approximate surface area is 80.8 Å². The summed E-state index contributed by atoms with van der Waals surface area (Å²) >= 11 is 0. The molecular weight excluding hydrogens is 194 g/mol. The standard InChI is InChI=1S/C8H14F2N2O2/c9-8(10,7(13)12-11)5-14-6-3-1-2-4-6/h6H,1-5,11H2,(H,12,13). The molecule has 0 saturated heterocycles. The van der Waals surface area contributed by atoms with Crippen LogP contribution >= 0.6 is 0 Å². The highest BCUT2D eigenvalue weighted by molar-refractivity contribution is 5.82. The molecule has 1 rings (SSSR count). The predicted octanol–water partition coefficient (Wildman–Crippen LogP) is 0.571. The summed E-state index contributed by atoms with van der Waals surface area (Å²) in [6.07, 6.45) is 3.45. The van der Waals surface area contributed by atoms with Gasteiger partial charge in [-0.2, -0.15) is 8.78 Å². The van der Waals surface area contributed by atoms with Gasteiger partial charge >= 0.3 is 11.8 Å². The number of alkyl halides is 2. The Morgan fingerprint density at radius 1 is 1.50 bits per heavy atom. The first-order valence-corrected chi connectivity index (χ1v) is 4.57. The highest BCUT2D eigenvalue weighted by Gasteiger charge is 2.39. The van der Waals surface area contributed by atoms with Gasteiger partial charge in [0.1, 0.15) is 6.61 Å². The van der Waals surface area contributed by atoms with Gasteiger partial charge in [-0.25, -0.2) is 5.84 Å². The highest BCUT2D eigenvalue weighted by atomic mass is 19.3. The molecule has 82 valence electrons. The van der Waals surface area contributed by atoms with Gasteiger partial charge in [0, 0.05) is 0 Å². The molecule has 0 heterocycles. The summed E-state index contributed by atoms with van der Waals surface area (Å²) < 4.78 is 30.6. The molecule has 1 aliphatic rings. The number of hydrogen-bond donors (Lipinski definition) is 2. The Bertz CT molecular complexity index is 206. The van der Waals surface area contributed by atoms with Gasteiger partial charge in [-0.05, 0) is 12.8 Å². The van der Waals surface area contributed by atoms with Gasteiger partial charge in [0.05, 0.1) is 6.10 Å². The smallest absolute Gasteiger partial charge is 0.348 e. The average molecular weight is 208 g/mol. The Morgan fingerprint density at radius 2 is 2.07 bits per heavy atom. The monoisotopic (exact) mass is 208 g/mol. The van der Waals surface area contributed by atoms with E-state index in [1.165, 1.54) is 5.43 Å². The first-order valence-electron chi connectivity index (χ1n) is 4.57. The minimum atomic E-state index is -3.53. The molecule has 14 heavy (non-hydrogen) atoms. The van der Waals surface area contributed by atoms with Crippen LogP contribution in [-0.2, 0) is 9.53 Å². The Hall–Kier alpha value is -0.750. The van der Waals surface area contributed by atoms with Gasteiger partial charge in [0.25, 0.3) is 0 Å². The van der Waals surface area contributed by atoms with Crippen molar-refractivity contribution >= 4 is 5.91 Å². The van der Waals surface area contributed by atoms with E-state index in [-0.39, 0.29) is 6.10 Å². The molecule has 1 amide bonds. The molecule has 0 aromatic heterocycles. The molecule has 0 aliphatic heterocycles. The molecule has 1 fully saturated rings. The van der Waals surface area contributed by atoms with Crippen LogP contribution in [0.5, 0.6) is 0 Å². The fraction of sp³-hybridized carbons (Fsp3) is 0.875. The third kappa shape index (κ3) is 2.88. The van der Waals surface area contributed by atoms with Crippen molar-refractivity contribution in [3.05, 3.63) is 0 Å². The van der Waals surface area contributed by atoms with E-state index in [0.29, 0.717) is 0 Å². The van der Waals surface area contributed by atoms with Crippen LogP contribution in [0.25, 0.3) is 0 Å². The first kappa shape index (κ1) is 11.3. The second kappa shape index (κ2) is 4.65. The third-order valence-electron chi connectivity index (χ3n) is 2.27. The molecule has 0 atom stereocenters. The van der Waals surface area contributed by atoms with Gasteiger partial charge in [-0.3, -0.25) is 10.2 Å². The second-order valence-corrected chi connectivity index (χ2v) is 3.40. The zero-order valence-corrected chi connectivity index (χ0v) is 7.76. The molecule has 3 N–H and O–H groups in total. The number of hydrazine groups is 1. The maximum absolute atomic E-state index is 12.9. The van der Waals surface area contributed by atoms with Gasteiger partial charge < -0.3 is 4.74 Å². The molecule has 1 saturated carbocycles. The summed E-state index contributed by atoms with van der Waals surface area (Å²) in [5.74, 6) is -0.428. The van der Waals surface area contributed by atoms with E-state index < -0.39 is 18.4 Å². The number of hydrogen-bond acceptors (Lipinski definition) is 3. The second-order valence-electron chi connectivity index (χ2n) is 3.40. The number of ether oxygens (including phenoxy) is 1. The van der Waals surface area contributed by atoms with Crippen LogP contribution < -0.4 is 11.3 Å². The van der Waals surface area contributed by atoms with Gasteiger partial charge in [0.2, 0.25) is 0 Å². The minimum Gasteiger partial charge on any atom is -0.371 e. The van der Waals surface area contributed by atoms with E-state index in [1.54, 1.807) is 0 Å². The van der Waals surface area contributed by atoms with Crippen molar-refractivity contribution in [1.82, 2.24) is 5.43 Å². The lowest BCUT2D eigenvalue weighted by atomic mass is 10.3. The predicted molar refractivity (Wildman–Crippen MR) is 45.5 cm³/mol. The molecule has 0 radical (unpaired) electrons. The Balaban J connectivity index is 2.31. The quantitative estimate of drug-likeness (QED) is 0.403. The molecule has 6 heteroatoms. The van der Waals surface area contributed by atoms with Crippen molar-refractivity contribution in [3.63, 3.8) is 0 Å². The SMILES string of the molecule is NNC(=O)C(F)(F)COC1CCCC1. The summed E-state index contributed by atoms with van der Waals surface area (Å²) in [6.45, 7) is -0.888. The molecule has 0 aromatic carbocycles. The van der Waals surface area contributed by atoms with Crippen molar-refractivity contribution in [3.8, 4) is 0 Å². The van der Waals surface area contributed by atoms with E-state index in [2.05, 4.69) is 5.84 Å². The highest BCUT2D eigenvalue weighted by Crippen LogP contribution is 2.23. The van der Waals surface area contributed by atoms with Crippen molar-refractivity contribution in [1.29, 1.82) is 0 Å². The fourth-order valence-electron chi connectivity index (χ4n) is 1.45. The summed E-state index contributed by atoms with van der Waals surface area (Å²) in [6, 6.07) is 0. The number of amides is 1. The topological polar surface area (TPSA) is 64.3 Å². The number of halogens is 2. The van der Waals surface area contributed by atoms with Crippen LogP contribution in [0.1, 0.15) is 25.7 Å². The molecular formula is C8H14F2N2O2. The Kier molecular flexibility index (Phi) is 3.77. The number of carbonyl (C=O) groups is 1. The van der Waals surface area contributed by atoms with E-state index in [1.807, 2.05) is 0 Å². The van der Waals surface area contributed by atoms with E-state index >= 15 is 0 Å². The van der Waals surface area contributed by atoms with Crippen LogP contribution in [0.2, 0.25) is 0 Å². The number of nitrogens with two attached hydrogens (primary N) is 1. The maximum Gasteiger partial charge on any atom is 0.348 e. The Morgan fingerprint density at radius 3 is 2.57 bits per heavy atom. The van der Waals surface area contributed by atoms with Crippen molar-refractivity contribution in [2.24, 2.45) is 5.84 Å². The minimum absolute atomic E-state index is 0.133. The number of carbonyl (C=O) groups excluding carboxylic acids is 1. The summed E-state index contributed by atoms with van der Waals surface area (Å²) in [5.41, 5.74) is 1.41.